The Morgan fingerprint density at radius 3 is 2.35 bits per heavy atom. The second-order valence-corrected chi connectivity index (χ2v) is 7.87. The lowest BCUT2D eigenvalue weighted by molar-refractivity contribution is 0.0396. The van der Waals surface area contributed by atoms with Crippen molar-refractivity contribution in [2.24, 2.45) is 5.92 Å². The van der Waals surface area contributed by atoms with Crippen LogP contribution in [0.2, 0.25) is 0 Å². The fourth-order valence-electron chi connectivity index (χ4n) is 3.46. The molecule has 0 bridgehead atoms. The first kappa shape index (κ1) is 18.5. The van der Waals surface area contributed by atoms with E-state index in [2.05, 4.69) is 13.8 Å². The lowest BCUT2D eigenvalue weighted by Crippen LogP contribution is -2.27. The van der Waals surface area contributed by atoms with E-state index >= 15 is 0 Å². The van der Waals surface area contributed by atoms with E-state index in [0.29, 0.717) is 36.6 Å². The van der Waals surface area contributed by atoms with E-state index in [1.54, 1.807) is 24.0 Å². The van der Waals surface area contributed by atoms with Gasteiger partial charge in [-0.1, -0.05) is 38.1 Å². The summed E-state index contributed by atoms with van der Waals surface area (Å²) < 4.78 is 0. The van der Waals surface area contributed by atoms with Gasteiger partial charge in [0.15, 0.2) is 0 Å². The molecule has 4 nitrogen and oxygen atoms in total. The van der Waals surface area contributed by atoms with E-state index in [1.807, 2.05) is 24.3 Å². The molecule has 138 valence electrons. The molecule has 2 aromatic rings. The first-order valence-corrected chi connectivity index (χ1v) is 9.20. The SMILES string of the molecule is CC(C)CCC(C)(O)c1cc(C(=O)N2Cc3ccccc3C2)ccc1O. The number of nitrogens with zero attached hydrogens (tertiary/aromatic N) is 1. The van der Waals surface area contributed by atoms with Crippen LogP contribution in [-0.4, -0.2) is 21.0 Å². The Bertz CT molecular complexity index is 786. The van der Waals surface area contributed by atoms with E-state index < -0.39 is 5.60 Å². The van der Waals surface area contributed by atoms with Crippen LogP contribution >= 0.6 is 0 Å². The molecule has 1 aliphatic heterocycles. The highest BCUT2D eigenvalue weighted by molar-refractivity contribution is 5.95. The summed E-state index contributed by atoms with van der Waals surface area (Å²) >= 11 is 0. The average molecular weight is 353 g/mol. The smallest absolute Gasteiger partial charge is 0.254 e. The van der Waals surface area contributed by atoms with Crippen molar-refractivity contribution in [2.75, 3.05) is 0 Å². The summed E-state index contributed by atoms with van der Waals surface area (Å²) in [5, 5.41) is 21.1. The predicted molar refractivity (Wildman–Crippen MR) is 102 cm³/mol. The zero-order chi connectivity index (χ0) is 18.9. The van der Waals surface area contributed by atoms with Crippen LogP contribution in [-0.2, 0) is 18.7 Å². The molecule has 2 aromatic carbocycles. The van der Waals surface area contributed by atoms with Crippen molar-refractivity contribution < 1.29 is 15.0 Å². The monoisotopic (exact) mass is 353 g/mol. The third-order valence-corrected chi connectivity index (χ3v) is 5.16. The molecule has 0 radical (unpaired) electrons. The molecule has 26 heavy (non-hydrogen) atoms. The van der Waals surface area contributed by atoms with Gasteiger partial charge in [0, 0.05) is 24.2 Å². The molecule has 1 heterocycles. The van der Waals surface area contributed by atoms with E-state index in [9.17, 15) is 15.0 Å². The topological polar surface area (TPSA) is 60.8 Å². The summed E-state index contributed by atoms with van der Waals surface area (Å²) in [5.41, 5.74) is 2.09. The molecule has 0 saturated carbocycles. The Labute approximate surface area is 155 Å². The number of rotatable bonds is 5. The summed E-state index contributed by atoms with van der Waals surface area (Å²) in [5.74, 6) is 0.402. The zero-order valence-electron chi connectivity index (χ0n) is 15.7. The van der Waals surface area contributed by atoms with Gasteiger partial charge in [-0.3, -0.25) is 4.79 Å². The van der Waals surface area contributed by atoms with E-state index in [1.165, 1.54) is 17.2 Å². The Kier molecular flexibility index (Phi) is 5.05. The Morgan fingerprint density at radius 1 is 1.15 bits per heavy atom. The van der Waals surface area contributed by atoms with Crippen molar-refractivity contribution in [2.45, 2.75) is 52.3 Å². The van der Waals surface area contributed by atoms with Gasteiger partial charge in [-0.25, -0.2) is 0 Å². The molecule has 3 rings (SSSR count). The van der Waals surface area contributed by atoms with Crippen molar-refractivity contribution in [3.63, 3.8) is 0 Å². The largest absolute Gasteiger partial charge is 0.508 e. The maximum atomic E-state index is 12.9. The normalized spacial score (nSPS) is 15.8. The molecule has 0 aliphatic carbocycles. The van der Waals surface area contributed by atoms with Gasteiger partial charge in [-0.15, -0.1) is 0 Å². The molecule has 0 fully saturated rings. The molecule has 4 heteroatoms. The number of carbonyl (C=O) groups is 1. The van der Waals surface area contributed by atoms with Crippen LogP contribution in [0.25, 0.3) is 0 Å². The van der Waals surface area contributed by atoms with Gasteiger partial charge in [0.05, 0.1) is 5.60 Å². The first-order valence-electron chi connectivity index (χ1n) is 9.20. The highest BCUT2D eigenvalue weighted by atomic mass is 16.3. The number of hydrogen-bond acceptors (Lipinski definition) is 3. The summed E-state index contributed by atoms with van der Waals surface area (Å²) in [6, 6.07) is 12.8. The van der Waals surface area contributed by atoms with Gasteiger partial charge < -0.3 is 15.1 Å². The standard InChI is InChI=1S/C22H27NO3/c1-15(2)10-11-22(3,26)19-12-16(8-9-20(19)24)21(25)23-13-17-6-4-5-7-18(17)14-23/h4-9,12,15,24,26H,10-11,13-14H2,1-3H3. The summed E-state index contributed by atoms with van der Waals surface area (Å²) in [6.45, 7) is 7.08. The number of phenolic OH excluding ortho intramolecular Hbond substituents is 1. The minimum absolute atomic E-state index is 0.0278. The number of aromatic hydroxyl groups is 1. The van der Waals surface area contributed by atoms with Gasteiger partial charge in [-0.2, -0.15) is 0 Å². The highest BCUT2D eigenvalue weighted by Crippen LogP contribution is 2.35. The van der Waals surface area contributed by atoms with E-state index in [-0.39, 0.29) is 11.7 Å². The number of carbonyl (C=O) groups excluding carboxylic acids is 1. The van der Waals surface area contributed by atoms with Gasteiger partial charge in [0.1, 0.15) is 5.75 Å². The maximum Gasteiger partial charge on any atom is 0.254 e. The summed E-state index contributed by atoms with van der Waals surface area (Å²) in [7, 11) is 0. The second kappa shape index (κ2) is 7.12. The van der Waals surface area contributed by atoms with Crippen molar-refractivity contribution >= 4 is 5.91 Å². The predicted octanol–water partition coefficient (Wildman–Crippen LogP) is 4.19. The number of hydrogen-bond donors (Lipinski definition) is 2. The van der Waals surface area contributed by atoms with Crippen LogP contribution < -0.4 is 0 Å². The second-order valence-electron chi connectivity index (χ2n) is 7.87. The quantitative estimate of drug-likeness (QED) is 0.847. The van der Waals surface area contributed by atoms with Crippen molar-refractivity contribution in [1.82, 2.24) is 4.90 Å². The fraction of sp³-hybridized carbons (Fsp3) is 0.409. The van der Waals surface area contributed by atoms with Gasteiger partial charge in [-0.05, 0) is 55.0 Å². The molecule has 2 N–H and O–H groups in total. The van der Waals surface area contributed by atoms with Crippen LogP contribution in [0, 0.1) is 5.92 Å². The fourth-order valence-corrected chi connectivity index (χ4v) is 3.46. The molecule has 1 amide bonds. The van der Waals surface area contributed by atoms with E-state index in [4.69, 9.17) is 0 Å². The zero-order valence-corrected chi connectivity index (χ0v) is 15.7. The molecule has 1 unspecified atom stereocenters. The highest BCUT2D eigenvalue weighted by Gasteiger charge is 2.29. The third-order valence-electron chi connectivity index (χ3n) is 5.16. The van der Waals surface area contributed by atoms with Gasteiger partial charge >= 0.3 is 0 Å². The Hall–Kier alpha value is -2.33. The molecule has 1 aliphatic rings. The summed E-state index contributed by atoms with van der Waals surface area (Å²) in [4.78, 5) is 14.7. The Balaban J connectivity index is 1.82. The number of amides is 1. The Morgan fingerprint density at radius 2 is 1.77 bits per heavy atom. The van der Waals surface area contributed by atoms with Crippen LogP contribution in [0.15, 0.2) is 42.5 Å². The van der Waals surface area contributed by atoms with Crippen LogP contribution in [0.4, 0.5) is 0 Å². The van der Waals surface area contributed by atoms with Crippen molar-refractivity contribution in [3.8, 4) is 5.75 Å². The van der Waals surface area contributed by atoms with E-state index in [0.717, 1.165) is 6.42 Å². The maximum absolute atomic E-state index is 12.9. The molecule has 1 atom stereocenters. The lowest BCUT2D eigenvalue weighted by atomic mass is 9.87. The lowest BCUT2D eigenvalue weighted by Gasteiger charge is -2.26. The van der Waals surface area contributed by atoms with Gasteiger partial charge in [0.2, 0.25) is 0 Å². The molecule has 0 spiro atoms. The number of phenols is 1. The minimum atomic E-state index is -1.17. The van der Waals surface area contributed by atoms with Crippen LogP contribution in [0.5, 0.6) is 5.75 Å². The average Bonchev–Trinajstić information content (AvgIpc) is 3.04. The first-order chi connectivity index (χ1) is 12.3. The van der Waals surface area contributed by atoms with Crippen LogP contribution in [0.3, 0.4) is 0 Å². The third kappa shape index (κ3) is 3.75. The minimum Gasteiger partial charge on any atom is -0.508 e. The number of benzene rings is 2. The number of aliphatic hydroxyl groups is 1. The summed E-state index contributed by atoms with van der Waals surface area (Å²) in [6.07, 6.45) is 1.37. The number of fused-ring (bicyclic) bond motifs is 1. The van der Waals surface area contributed by atoms with Crippen molar-refractivity contribution in [3.05, 3.63) is 64.7 Å². The molecular formula is C22H27NO3. The molecular weight excluding hydrogens is 326 g/mol. The van der Waals surface area contributed by atoms with Crippen LogP contribution in [0.1, 0.15) is 60.7 Å². The van der Waals surface area contributed by atoms with Gasteiger partial charge in [0.25, 0.3) is 5.91 Å². The van der Waals surface area contributed by atoms with Crippen molar-refractivity contribution in [1.29, 1.82) is 0 Å². The molecule has 0 saturated heterocycles. The molecule has 0 aromatic heterocycles.